The summed E-state index contributed by atoms with van der Waals surface area (Å²) in [6.07, 6.45) is 9.48. The average Bonchev–Trinajstić information content (AvgIpc) is 3.13. The van der Waals surface area contributed by atoms with Gasteiger partial charge in [0.2, 0.25) is 0 Å². The Kier molecular flexibility index (Phi) is 4.38. The first-order valence-electron chi connectivity index (χ1n) is 7.94. The number of rotatable bonds is 4. The van der Waals surface area contributed by atoms with Gasteiger partial charge in [0.15, 0.2) is 0 Å². The highest BCUT2D eigenvalue weighted by atomic mass is 15.3. The average molecular weight is 277 g/mol. The summed E-state index contributed by atoms with van der Waals surface area (Å²) >= 11 is 0. The molecule has 3 rings (SSSR count). The van der Waals surface area contributed by atoms with E-state index in [9.17, 15) is 0 Å². The van der Waals surface area contributed by atoms with E-state index in [0.29, 0.717) is 12.6 Å². The van der Waals surface area contributed by atoms with Crippen LogP contribution in [0.3, 0.4) is 0 Å². The molecule has 2 N–H and O–H groups in total. The van der Waals surface area contributed by atoms with Crippen molar-refractivity contribution in [1.29, 1.82) is 0 Å². The smallest absolute Gasteiger partial charge is 0.0946 e. The molecular formula is C15H27N5. The van der Waals surface area contributed by atoms with Crippen LogP contribution in [-0.2, 0) is 7.05 Å². The van der Waals surface area contributed by atoms with Crippen LogP contribution >= 0.6 is 0 Å². The van der Waals surface area contributed by atoms with E-state index in [1.54, 1.807) is 0 Å². The molecule has 0 radical (unpaired) electrons. The van der Waals surface area contributed by atoms with Gasteiger partial charge in [-0.3, -0.25) is 9.80 Å². The lowest BCUT2D eigenvalue weighted by Gasteiger charge is -2.41. The highest BCUT2D eigenvalue weighted by Crippen LogP contribution is 2.26. The third kappa shape index (κ3) is 2.75. The van der Waals surface area contributed by atoms with Gasteiger partial charge in [-0.05, 0) is 12.8 Å². The number of piperazine rings is 1. The highest BCUT2D eigenvalue weighted by molar-refractivity contribution is 5.06. The van der Waals surface area contributed by atoms with E-state index in [0.717, 1.165) is 19.1 Å². The van der Waals surface area contributed by atoms with E-state index < -0.39 is 0 Å². The first-order valence-corrected chi connectivity index (χ1v) is 7.94. The Bertz CT molecular complexity index is 416. The van der Waals surface area contributed by atoms with Gasteiger partial charge >= 0.3 is 0 Å². The van der Waals surface area contributed by atoms with Gasteiger partial charge in [0.25, 0.3) is 0 Å². The molecule has 2 fully saturated rings. The van der Waals surface area contributed by atoms with Crippen molar-refractivity contribution in [2.45, 2.75) is 37.8 Å². The molecule has 0 spiro atoms. The van der Waals surface area contributed by atoms with Gasteiger partial charge in [-0.25, -0.2) is 4.98 Å². The Balaban J connectivity index is 1.60. The van der Waals surface area contributed by atoms with Crippen LogP contribution in [0.1, 0.15) is 37.4 Å². The summed E-state index contributed by atoms with van der Waals surface area (Å²) < 4.78 is 2.10. The second-order valence-electron chi connectivity index (χ2n) is 6.19. The minimum absolute atomic E-state index is 0.313. The Morgan fingerprint density at radius 3 is 2.50 bits per heavy atom. The largest absolute Gasteiger partial charge is 0.336 e. The monoisotopic (exact) mass is 277 g/mol. The highest BCUT2D eigenvalue weighted by Gasteiger charge is 2.29. The summed E-state index contributed by atoms with van der Waals surface area (Å²) in [5, 5.41) is 0. The predicted molar refractivity (Wildman–Crippen MR) is 80.4 cm³/mol. The second kappa shape index (κ2) is 6.24. The summed E-state index contributed by atoms with van der Waals surface area (Å²) in [5.74, 6) is 0. The maximum Gasteiger partial charge on any atom is 0.0946 e. The van der Waals surface area contributed by atoms with Crippen LogP contribution in [-0.4, -0.2) is 58.1 Å². The quantitative estimate of drug-likeness (QED) is 0.891. The number of nitrogens with two attached hydrogens (primary N) is 1. The number of hydrogen-bond acceptors (Lipinski definition) is 4. The fraction of sp³-hybridized carbons (Fsp3) is 0.800. The molecule has 1 unspecified atom stereocenters. The first kappa shape index (κ1) is 14.0. The molecule has 1 atom stereocenters. The van der Waals surface area contributed by atoms with Crippen LogP contribution in [0.4, 0.5) is 0 Å². The van der Waals surface area contributed by atoms with Gasteiger partial charge < -0.3 is 10.3 Å². The van der Waals surface area contributed by atoms with Crippen molar-refractivity contribution in [3.05, 3.63) is 18.2 Å². The molecule has 5 nitrogen and oxygen atoms in total. The van der Waals surface area contributed by atoms with Crippen LogP contribution in [0, 0.1) is 0 Å². The van der Waals surface area contributed by atoms with Crippen molar-refractivity contribution in [2.75, 3.05) is 32.7 Å². The van der Waals surface area contributed by atoms with Gasteiger partial charge in [0, 0.05) is 52.0 Å². The fourth-order valence-electron chi connectivity index (χ4n) is 3.83. The lowest BCUT2D eigenvalue weighted by molar-refractivity contribution is 0.0702. The van der Waals surface area contributed by atoms with Crippen molar-refractivity contribution in [2.24, 2.45) is 12.8 Å². The molecule has 5 heteroatoms. The van der Waals surface area contributed by atoms with Crippen LogP contribution in [0.2, 0.25) is 0 Å². The summed E-state index contributed by atoms with van der Waals surface area (Å²) in [6.45, 7) is 5.31. The van der Waals surface area contributed by atoms with Gasteiger partial charge in [-0.15, -0.1) is 0 Å². The number of imidazole rings is 1. The molecule has 0 amide bonds. The second-order valence-corrected chi connectivity index (χ2v) is 6.19. The molecule has 20 heavy (non-hydrogen) atoms. The van der Waals surface area contributed by atoms with Gasteiger partial charge in [0.1, 0.15) is 0 Å². The molecule has 1 saturated carbocycles. The van der Waals surface area contributed by atoms with Crippen molar-refractivity contribution < 1.29 is 0 Å². The van der Waals surface area contributed by atoms with Crippen LogP contribution in [0.25, 0.3) is 0 Å². The maximum atomic E-state index is 6.02. The SMILES string of the molecule is Cn1cncc1C(CN)N1CCN(C2CCCC2)CC1. The fourth-order valence-corrected chi connectivity index (χ4v) is 3.83. The predicted octanol–water partition coefficient (Wildman–Crippen LogP) is 0.980. The van der Waals surface area contributed by atoms with E-state index in [1.807, 2.05) is 12.5 Å². The lowest BCUT2D eigenvalue weighted by Crippen LogP contribution is -2.51. The third-order valence-electron chi connectivity index (χ3n) is 5.05. The van der Waals surface area contributed by atoms with Crippen LogP contribution < -0.4 is 5.73 Å². The molecule has 112 valence electrons. The molecule has 1 aliphatic carbocycles. The van der Waals surface area contributed by atoms with Gasteiger partial charge in [-0.2, -0.15) is 0 Å². The number of hydrogen-bond donors (Lipinski definition) is 1. The standard InChI is InChI=1S/C15H27N5/c1-18-12-17-11-15(18)14(10-16)20-8-6-19(7-9-20)13-4-2-3-5-13/h11-14H,2-10,16H2,1H3. The zero-order chi connectivity index (χ0) is 13.9. The lowest BCUT2D eigenvalue weighted by atomic mass is 10.1. The molecule has 1 aromatic heterocycles. The van der Waals surface area contributed by atoms with E-state index in [1.165, 1.54) is 44.5 Å². The zero-order valence-electron chi connectivity index (χ0n) is 12.5. The van der Waals surface area contributed by atoms with E-state index in [2.05, 4.69) is 26.4 Å². The molecule has 0 bridgehead atoms. The summed E-state index contributed by atoms with van der Waals surface area (Å²) in [4.78, 5) is 9.46. The van der Waals surface area contributed by atoms with Crippen LogP contribution in [0.5, 0.6) is 0 Å². The normalized spacial score (nSPS) is 24.3. The van der Waals surface area contributed by atoms with Gasteiger partial charge in [-0.1, -0.05) is 12.8 Å². The third-order valence-corrected chi connectivity index (χ3v) is 5.05. The Morgan fingerprint density at radius 2 is 1.95 bits per heavy atom. The number of aryl methyl sites for hydroxylation is 1. The summed E-state index contributed by atoms with van der Waals surface area (Å²) in [7, 11) is 2.06. The van der Waals surface area contributed by atoms with E-state index in [4.69, 9.17) is 5.73 Å². The maximum absolute atomic E-state index is 6.02. The van der Waals surface area contributed by atoms with E-state index in [-0.39, 0.29) is 0 Å². The molecule has 1 aliphatic heterocycles. The number of nitrogens with zero attached hydrogens (tertiary/aromatic N) is 4. The Morgan fingerprint density at radius 1 is 1.25 bits per heavy atom. The topological polar surface area (TPSA) is 50.3 Å². The molecule has 2 aliphatic rings. The van der Waals surface area contributed by atoms with Crippen LogP contribution in [0.15, 0.2) is 12.5 Å². The van der Waals surface area contributed by atoms with Crippen molar-refractivity contribution in [1.82, 2.24) is 19.4 Å². The molecule has 2 heterocycles. The van der Waals surface area contributed by atoms with Crippen molar-refractivity contribution >= 4 is 0 Å². The molecular weight excluding hydrogens is 250 g/mol. The van der Waals surface area contributed by atoms with Crippen molar-refractivity contribution in [3.63, 3.8) is 0 Å². The Hall–Kier alpha value is -0.910. The van der Waals surface area contributed by atoms with Crippen molar-refractivity contribution in [3.8, 4) is 0 Å². The molecule has 0 aromatic carbocycles. The summed E-state index contributed by atoms with van der Waals surface area (Å²) in [5.41, 5.74) is 7.26. The van der Waals surface area contributed by atoms with Gasteiger partial charge in [0.05, 0.1) is 18.1 Å². The molecule has 1 saturated heterocycles. The Labute approximate surface area is 121 Å². The summed E-state index contributed by atoms with van der Waals surface area (Å²) in [6, 6.07) is 1.17. The zero-order valence-corrected chi connectivity index (χ0v) is 12.5. The van der Waals surface area contributed by atoms with E-state index >= 15 is 0 Å². The minimum atomic E-state index is 0.313. The number of aromatic nitrogens is 2. The first-order chi connectivity index (χ1) is 9.79. The molecule has 1 aromatic rings. The minimum Gasteiger partial charge on any atom is -0.336 e.